The molecule has 1 aromatic carbocycles. The normalized spacial score (nSPS) is 11.7. The molecular formula is C19H19F2N3O4S. The van der Waals surface area contributed by atoms with Gasteiger partial charge in [-0.3, -0.25) is 10.1 Å². The van der Waals surface area contributed by atoms with Crippen LogP contribution in [0.15, 0.2) is 34.7 Å². The zero-order valence-electron chi connectivity index (χ0n) is 15.9. The van der Waals surface area contributed by atoms with Gasteiger partial charge in [0.25, 0.3) is 5.91 Å². The maximum absolute atomic E-state index is 12.6. The number of benzene rings is 1. The second kappa shape index (κ2) is 8.26. The van der Waals surface area contributed by atoms with Crippen LogP contribution < -0.4 is 10.1 Å². The number of hydrogen-bond acceptors (Lipinski definition) is 7. The number of anilines is 1. The summed E-state index contributed by atoms with van der Waals surface area (Å²) in [6, 6.07) is 7.53. The Morgan fingerprint density at radius 3 is 2.83 bits per heavy atom. The Balaban J connectivity index is 1.76. The molecule has 0 aliphatic rings. The van der Waals surface area contributed by atoms with Gasteiger partial charge >= 0.3 is 6.61 Å². The van der Waals surface area contributed by atoms with Gasteiger partial charge in [-0.05, 0) is 39.0 Å². The summed E-state index contributed by atoms with van der Waals surface area (Å²) in [7, 11) is 0. The lowest BCUT2D eigenvalue weighted by atomic mass is 10.1. The molecule has 0 radical (unpaired) electrons. The number of nitrogens with one attached hydrogen (secondary N) is 1. The Morgan fingerprint density at radius 1 is 1.38 bits per heavy atom. The third-order valence-electron chi connectivity index (χ3n) is 3.79. The molecule has 0 spiro atoms. The smallest absolute Gasteiger partial charge is 0.387 e. The molecule has 0 aliphatic carbocycles. The van der Waals surface area contributed by atoms with Crippen LogP contribution in [0.25, 0.3) is 11.3 Å². The number of amides is 1. The number of rotatable bonds is 7. The average Bonchev–Trinajstić information content (AvgIpc) is 3.19. The van der Waals surface area contributed by atoms with Crippen molar-refractivity contribution in [2.75, 3.05) is 5.32 Å². The quantitative estimate of drug-likeness (QED) is 0.589. The highest BCUT2D eigenvalue weighted by Gasteiger charge is 2.20. The number of alkyl halides is 2. The molecule has 2 heterocycles. The van der Waals surface area contributed by atoms with Crippen LogP contribution in [0.2, 0.25) is 0 Å². The highest BCUT2D eigenvalue weighted by atomic mass is 32.1. The minimum atomic E-state index is -2.93. The topological polar surface area (TPSA) is 97.5 Å². The first-order valence-corrected chi connectivity index (χ1v) is 9.40. The first-order valence-electron chi connectivity index (χ1n) is 8.63. The number of carbonyl (C=O) groups is 1. The zero-order chi connectivity index (χ0) is 21.2. The van der Waals surface area contributed by atoms with Crippen molar-refractivity contribution < 1.29 is 27.8 Å². The van der Waals surface area contributed by atoms with E-state index in [1.54, 1.807) is 32.9 Å². The Bertz CT molecular complexity index is 1010. The van der Waals surface area contributed by atoms with Gasteiger partial charge in [0.1, 0.15) is 23.1 Å². The van der Waals surface area contributed by atoms with Crippen molar-refractivity contribution in [2.24, 2.45) is 0 Å². The molecule has 0 unspecified atom stereocenters. The Morgan fingerprint density at radius 2 is 2.14 bits per heavy atom. The van der Waals surface area contributed by atoms with E-state index in [0.29, 0.717) is 28.0 Å². The van der Waals surface area contributed by atoms with Crippen molar-refractivity contribution in [3.63, 3.8) is 0 Å². The van der Waals surface area contributed by atoms with E-state index in [-0.39, 0.29) is 17.7 Å². The number of hydrogen-bond donors (Lipinski definition) is 2. The predicted octanol–water partition coefficient (Wildman–Crippen LogP) is 4.27. The van der Waals surface area contributed by atoms with Crippen LogP contribution in [0.5, 0.6) is 5.75 Å². The number of aryl methyl sites for hydroxylation is 1. The van der Waals surface area contributed by atoms with Gasteiger partial charge in [0.15, 0.2) is 0 Å². The lowest BCUT2D eigenvalue weighted by molar-refractivity contribution is -0.0498. The number of aromatic nitrogens is 2. The van der Waals surface area contributed by atoms with Crippen molar-refractivity contribution in [2.45, 2.75) is 39.4 Å². The standard InChI is InChI=1S/C19H19F2N3O4S/c1-10-13(16(25)23-18-22-15(24-29-18)9-19(2,3)26)8-14(27-10)11-5-4-6-12(7-11)28-17(20)21/h4-8,17,26H,9H2,1-3H3,(H,22,23,24,25). The number of nitrogens with zero attached hydrogens (tertiary/aromatic N) is 2. The summed E-state index contributed by atoms with van der Waals surface area (Å²) in [4.78, 5) is 16.8. The summed E-state index contributed by atoms with van der Waals surface area (Å²) in [6.45, 7) is 1.98. The van der Waals surface area contributed by atoms with Gasteiger partial charge in [0, 0.05) is 23.5 Å². The van der Waals surface area contributed by atoms with E-state index in [4.69, 9.17) is 4.42 Å². The SMILES string of the molecule is Cc1oc(-c2cccc(OC(F)F)c2)cc1C(=O)Nc1nc(CC(C)(C)O)ns1. The Hall–Kier alpha value is -2.85. The zero-order valence-corrected chi connectivity index (χ0v) is 16.7. The monoisotopic (exact) mass is 423 g/mol. The summed E-state index contributed by atoms with van der Waals surface area (Å²) in [5.74, 6) is 0.679. The fourth-order valence-electron chi connectivity index (χ4n) is 2.60. The van der Waals surface area contributed by atoms with E-state index in [9.17, 15) is 18.7 Å². The summed E-state index contributed by atoms with van der Waals surface area (Å²) in [5.41, 5.74) is -0.186. The fraction of sp³-hybridized carbons (Fsp3) is 0.316. The molecule has 10 heteroatoms. The molecule has 154 valence electrons. The summed E-state index contributed by atoms with van der Waals surface area (Å²) in [6.07, 6.45) is 0.255. The number of halogens is 2. The third-order valence-corrected chi connectivity index (χ3v) is 4.45. The van der Waals surface area contributed by atoms with Crippen molar-refractivity contribution in [3.05, 3.63) is 47.5 Å². The van der Waals surface area contributed by atoms with Crippen LogP contribution in [0.1, 0.15) is 35.8 Å². The van der Waals surface area contributed by atoms with Crippen LogP contribution in [0, 0.1) is 6.92 Å². The second-order valence-corrected chi connectivity index (χ2v) is 7.70. The van der Waals surface area contributed by atoms with Gasteiger partial charge in [-0.25, -0.2) is 4.98 Å². The highest BCUT2D eigenvalue weighted by molar-refractivity contribution is 7.09. The molecule has 0 fully saturated rings. The average molecular weight is 423 g/mol. The molecule has 0 saturated heterocycles. The lowest BCUT2D eigenvalue weighted by Crippen LogP contribution is -2.22. The van der Waals surface area contributed by atoms with Crippen molar-refractivity contribution >= 4 is 22.6 Å². The molecule has 7 nitrogen and oxygen atoms in total. The van der Waals surface area contributed by atoms with Crippen LogP contribution in [0.3, 0.4) is 0 Å². The molecule has 3 aromatic rings. The first-order chi connectivity index (χ1) is 13.6. The Kier molecular flexibility index (Phi) is 5.94. The Labute approximate surface area is 169 Å². The van der Waals surface area contributed by atoms with Crippen LogP contribution >= 0.6 is 11.5 Å². The lowest BCUT2D eigenvalue weighted by Gasteiger charge is -2.13. The largest absolute Gasteiger partial charge is 0.461 e. The van der Waals surface area contributed by atoms with E-state index in [0.717, 1.165) is 11.5 Å². The van der Waals surface area contributed by atoms with E-state index in [2.05, 4.69) is 19.4 Å². The second-order valence-electron chi connectivity index (χ2n) is 6.95. The first kappa shape index (κ1) is 20.9. The van der Waals surface area contributed by atoms with Crippen LogP contribution in [-0.4, -0.2) is 32.6 Å². The molecule has 1 amide bonds. The maximum Gasteiger partial charge on any atom is 0.387 e. The van der Waals surface area contributed by atoms with Gasteiger partial charge in [0.05, 0.1) is 11.2 Å². The van der Waals surface area contributed by atoms with E-state index >= 15 is 0 Å². The summed E-state index contributed by atoms with van der Waals surface area (Å²) >= 11 is 1.01. The maximum atomic E-state index is 12.6. The number of ether oxygens (including phenoxy) is 1. The molecular weight excluding hydrogens is 404 g/mol. The van der Waals surface area contributed by atoms with E-state index in [1.807, 2.05) is 0 Å². The van der Waals surface area contributed by atoms with Crippen LogP contribution in [0.4, 0.5) is 13.9 Å². The predicted molar refractivity (Wildman–Crippen MR) is 103 cm³/mol. The number of furan rings is 1. The molecule has 3 rings (SSSR count). The van der Waals surface area contributed by atoms with Crippen LogP contribution in [-0.2, 0) is 6.42 Å². The molecule has 0 aliphatic heterocycles. The van der Waals surface area contributed by atoms with Gasteiger partial charge in [-0.2, -0.15) is 13.2 Å². The minimum Gasteiger partial charge on any atom is -0.461 e. The number of carbonyl (C=O) groups excluding carboxylic acids is 1. The minimum absolute atomic E-state index is 0.00856. The van der Waals surface area contributed by atoms with Crippen molar-refractivity contribution in [1.82, 2.24) is 9.36 Å². The van der Waals surface area contributed by atoms with Gasteiger partial charge in [-0.15, -0.1) is 0 Å². The third kappa shape index (κ3) is 5.58. The summed E-state index contributed by atoms with van der Waals surface area (Å²) < 4.78 is 38.9. The van der Waals surface area contributed by atoms with Crippen molar-refractivity contribution in [1.29, 1.82) is 0 Å². The van der Waals surface area contributed by atoms with E-state index in [1.165, 1.54) is 18.2 Å². The molecule has 0 atom stereocenters. The number of aliphatic hydroxyl groups is 1. The van der Waals surface area contributed by atoms with Gasteiger partial charge < -0.3 is 14.3 Å². The molecule has 2 N–H and O–H groups in total. The highest BCUT2D eigenvalue weighted by Crippen LogP contribution is 2.29. The van der Waals surface area contributed by atoms with Crippen molar-refractivity contribution in [3.8, 4) is 17.1 Å². The fourth-order valence-corrected chi connectivity index (χ4v) is 3.19. The molecule has 29 heavy (non-hydrogen) atoms. The molecule has 0 saturated carbocycles. The van der Waals surface area contributed by atoms with Gasteiger partial charge in [-0.1, -0.05) is 12.1 Å². The molecule has 2 aromatic heterocycles. The molecule has 0 bridgehead atoms. The van der Waals surface area contributed by atoms with E-state index < -0.39 is 18.1 Å². The van der Waals surface area contributed by atoms with Gasteiger partial charge in [0.2, 0.25) is 5.13 Å². The summed E-state index contributed by atoms with van der Waals surface area (Å²) in [5, 5.41) is 12.8.